The number of ether oxygens (including phenoxy) is 3. The molecule has 0 saturated heterocycles. The number of hydrogen-bond donors (Lipinski definition) is 1. The van der Waals surface area contributed by atoms with Crippen molar-refractivity contribution >= 4 is 11.9 Å². The van der Waals surface area contributed by atoms with Crippen molar-refractivity contribution in [3.8, 4) is 11.5 Å². The molecule has 1 aromatic rings. The molecule has 0 bridgehead atoms. The van der Waals surface area contributed by atoms with Gasteiger partial charge in [0.1, 0.15) is 23.2 Å². The normalized spacial score (nSPS) is 17.9. The molecule has 0 aliphatic carbocycles. The van der Waals surface area contributed by atoms with E-state index in [1.165, 1.54) is 20.1 Å². The van der Waals surface area contributed by atoms with Crippen LogP contribution in [0.3, 0.4) is 0 Å². The number of esters is 2. The van der Waals surface area contributed by atoms with Crippen LogP contribution in [-0.4, -0.2) is 36.4 Å². The standard InChI is InChI=1S/C17H22O6/c1-10(22-11(2)18)5-4-6-12-9-13-14(19)7-8-15(21-3)16(13)17(20)23-12/h7-8,10,12,19H,4-6,9H2,1-3H3/t10-,12-/m1/s1. The van der Waals surface area contributed by atoms with Crippen LogP contribution >= 0.6 is 0 Å². The van der Waals surface area contributed by atoms with E-state index in [2.05, 4.69) is 0 Å². The minimum absolute atomic E-state index is 0.0794. The Morgan fingerprint density at radius 3 is 2.87 bits per heavy atom. The Hall–Kier alpha value is -2.24. The zero-order chi connectivity index (χ0) is 17.0. The molecule has 1 N–H and O–H groups in total. The van der Waals surface area contributed by atoms with Gasteiger partial charge in [-0.2, -0.15) is 0 Å². The quantitative estimate of drug-likeness (QED) is 0.811. The van der Waals surface area contributed by atoms with E-state index in [-0.39, 0.29) is 23.9 Å². The van der Waals surface area contributed by atoms with Crippen LogP contribution in [0, 0.1) is 0 Å². The average molecular weight is 322 g/mol. The molecule has 126 valence electrons. The van der Waals surface area contributed by atoms with Crippen LogP contribution in [0.15, 0.2) is 12.1 Å². The fourth-order valence-corrected chi connectivity index (χ4v) is 2.83. The number of aromatic hydroxyl groups is 1. The molecule has 2 rings (SSSR count). The van der Waals surface area contributed by atoms with Crippen molar-refractivity contribution in [2.24, 2.45) is 0 Å². The number of benzene rings is 1. The van der Waals surface area contributed by atoms with E-state index in [1.54, 1.807) is 6.07 Å². The molecule has 6 heteroatoms. The van der Waals surface area contributed by atoms with Crippen LogP contribution in [0.1, 0.15) is 49.0 Å². The van der Waals surface area contributed by atoms with E-state index in [0.29, 0.717) is 36.1 Å². The van der Waals surface area contributed by atoms with Gasteiger partial charge in [0.2, 0.25) is 0 Å². The zero-order valence-corrected chi connectivity index (χ0v) is 13.6. The number of cyclic esters (lactones) is 1. The summed E-state index contributed by atoms with van der Waals surface area (Å²) >= 11 is 0. The van der Waals surface area contributed by atoms with Crippen LogP contribution in [-0.2, 0) is 20.7 Å². The van der Waals surface area contributed by atoms with Gasteiger partial charge in [-0.1, -0.05) is 0 Å². The highest BCUT2D eigenvalue weighted by molar-refractivity contribution is 5.96. The highest BCUT2D eigenvalue weighted by Crippen LogP contribution is 2.35. The van der Waals surface area contributed by atoms with E-state index in [9.17, 15) is 14.7 Å². The van der Waals surface area contributed by atoms with E-state index in [0.717, 1.165) is 6.42 Å². The van der Waals surface area contributed by atoms with Crippen LogP contribution in [0.5, 0.6) is 11.5 Å². The van der Waals surface area contributed by atoms with Gasteiger partial charge in [-0.3, -0.25) is 4.79 Å². The van der Waals surface area contributed by atoms with Crippen molar-refractivity contribution < 1.29 is 28.9 Å². The van der Waals surface area contributed by atoms with Gasteiger partial charge in [0.25, 0.3) is 0 Å². The molecule has 2 atom stereocenters. The van der Waals surface area contributed by atoms with Gasteiger partial charge in [-0.05, 0) is 38.3 Å². The summed E-state index contributed by atoms with van der Waals surface area (Å²) in [7, 11) is 1.47. The lowest BCUT2D eigenvalue weighted by molar-refractivity contribution is -0.145. The third-order valence-electron chi connectivity index (χ3n) is 3.88. The number of fused-ring (bicyclic) bond motifs is 1. The lowest BCUT2D eigenvalue weighted by Crippen LogP contribution is -2.28. The third kappa shape index (κ3) is 4.15. The summed E-state index contributed by atoms with van der Waals surface area (Å²) in [6.45, 7) is 3.22. The maximum absolute atomic E-state index is 12.2. The molecule has 0 aromatic heterocycles. The molecule has 1 aromatic carbocycles. The first kappa shape index (κ1) is 17.1. The SMILES string of the molecule is COc1ccc(O)c2c1C(=O)O[C@H](CCC[C@@H](C)OC(C)=O)C2. The highest BCUT2D eigenvalue weighted by atomic mass is 16.5. The van der Waals surface area contributed by atoms with E-state index < -0.39 is 5.97 Å². The van der Waals surface area contributed by atoms with Gasteiger partial charge in [0.05, 0.1) is 13.2 Å². The summed E-state index contributed by atoms with van der Waals surface area (Å²) < 4.78 is 15.7. The van der Waals surface area contributed by atoms with Gasteiger partial charge in [0, 0.05) is 18.9 Å². The molecular formula is C17H22O6. The molecule has 0 unspecified atom stereocenters. The number of phenolic OH excluding ortho intramolecular Hbond substituents is 1. The summed E-state index contributed by atoms with van der Waals surface area (Å²) in [6, 6.07) is 3.08. The molecule has 6 nitrogen and oxygen atoms in total. The smallest absolute Gasteiger partial charge is 0.342 e. The van der Waals surface area contributed by atoms with Gasteiger partial charge >= 0.3 is 11.9 Å². The summed E-state index contributed by atoms with van der Waals surface area (Å²) in [5, 5.41) is 10.0. The fraction of sp³-hybridized carbons (Fsp3) is 0.529. The van der Waals surface area contributed by atoms with Crippen molar-refractivity contribution in [1.82, 2.24) is 0 Å². The van der Waals surface area contributed by atoms with Gasteiger partial charge in [-0.15, -0.1) is 0 Å². The molecule has 23 heavy (non-hydrogen) atoms. The third-order valence-corrected chi connectivity index (χ3v) is 3.88. The first-order valence-corrected chi connectivity index (χ1v) is 7.69. The van der Waals surface area contributed by atoms with E-state index in [4.69, 9.17) is 14.2 Å². The van der Waals surface area contributed by atoms with Crippen molar-refractivity contribution in [3.05, 3.63) is 23.3 Å². The molecule has 1 aliphatic rings. The molecule has 0 fully saturated rings. The largest absolute Gasteiger partial charge is 0.508 e. The predicted octanol–water partition coefficient (Wildman–Crippen LogP) is 2.60. The number of hydrogen-bond acceptors (Lipinski definition) is 6. The molecule has 1 aliphatic heterocycles. The van der Waals surface area contributed by atoms with E-state index >= 15 is 0 Å². The lowest BCUT2D eigenvalue weighted by atomic mass is 9.94. The van der Waals surface area contributed by atoms with Gasteiger partial charge in [0.15, 0.2) is 0 Å². The summed E-state index contributed by atoms with van der Waals surface area (Å²) in [5.74, 6) is -0.287. The molecular weight excluding hydrogens is 300 g/mol. The number of rotatable bonds is 6. The topological polar surface area (TPSA) is 82.1 Å². The summed E-state index contributed by atoms with van der Waals surface area (Å²) in [5.41, 5.74) is 0.871. The summed E-state index contributed by atoms with van der Waals surface area (Å²) in [6.07, 6.45) is 2.10. The van der Waals surface area contributed by atoms with Crippen LogP contribution < -0.4 is 4.74 Å². The monoisotopic (exact) mass is 322 g/mol. The number of phenols is 1. The number of methoxy groups -OCH3 is 1. The maximum atomic E-state index is 12.2. The Bertz CT molecular complexity index is 595. The van der Waals surface area contributed by atoms with Crippen molar-refractivity contribution in [2.45, 2.75) is 51.7 Å². The van der Waals surface area contributed by atoms with Crippen molar-refractivity contribution in [1.29, 1.82) is 0 Å². The first-order chi connectivity index (χ1) is 10.9. The Balaban J connectivity index is 1.98. The average Bonchev–Trinajstić information content (AvgIpc) is 2.47. The highest BCUT2D eigenvalue weighted by Gasteiger charge is 2.31. The first-order valence-electron chi connectivity index (χ1n) is 7.69. The Labute approximate surface area is 135 Å². The van der Waals surface area contributed by atoms with Crippen LogP contribution in [0.4, 0.5) is 0 Å². The number of carbonyl (C=O) groups excluding carboxylic acids is 2. The minimum Gasteiger partial charge on any atom is -0.508 e. The van der Waals surface area contributed by atoms with Crippen LogP contribution in [0.2, 0.25) is 0 Å². The van der Waals surface area contributed by atoms with Crippen molar-refractivity contribution in [2.75, 3.05) is 7.11 Å². The second-order valence-corrected chi connectivity index (χ2v) is 5.72. The Morgan fingerprint density at radius 2 is 2.22 bits per heavy atom. The Kier molecular flexibility index (Phi) is 5.47. The molecule has 0 amide bonds. The fourth-order valence-electron chi connectivity index (χ4n) is 2.83. The van der Waals surface area contributed by atoms with Gasteiger partial charge < -0.3 is 19.3 Å². The predicted molar refractivity (Wildman–Crippen MR) is 82.6 cm³/mol. The van der Waals surface area contributed by atoms with Crippen LogP contribution in [0.25, 0.3) is 0 Å². The summed E-state index contributed by atoms with van der Waals surface area (Å²) in [4.78, 5) is 23.1. The second-order valence-electron chi connectivity index (χ2n) is 5.72. The number of carbonyl (C=O) groups is 2. The molecule has 0 spiro atoms. The minimum atomic E-state index is -0.475. The maximum Gasteiger partial charge on any atom is 0.342 e. The Morgan fingerprint density at radius 1 is 1.48 bits per heavy atom. The molecule has 0 saturated carbocycles. The zero-order valence-electron chi connectivity index (χ0n) is 13.6. The molecule has 1 heterocycles. The lowest BCUT2D eigenvalue weighted by Gasteiger charge is -2.26. The van der Waals surface area contributed by atoms with E-state index in [1.807, 2.05) is 6.92 Å². The molecule has 0 radical (unpaired) electrons. The second kappa shape index (κ2) is 7.35. The van der Waals surface area contributed by atoms with Crippen molar-refractivity contribution in [3.63, 3.8) is 0 Å². The van der Waals surface area contributed by atoms with Gasteiger partial charge in [-0.25, -0.2) is 4.79 Å².